The number of carbonyl (C=O) groups excluding carboxylic acids is 1. The van der Waals surface area contributed by atoms with Gasteiger partial charge < -0.3 is 10.7 Å². The van der Waals surface area contributed by atoms with Crippen molar-refractivity contribution >= 4 is 71.4 Å². The molecule has 0 saturated carbocycles. The van der Waals surface area contributed by atoms with Crippen molar-refractivity contribution in [2.75, 3.05) is 18.8 Å². The number of nitrogens with two attached hydrogens (primary N) is 1. The number of benzene rings is 2. The quantitative estimate of drug-likeness (QED) is 0.224. The fourth-order valence-corrected chi connectivity index (χ4v) is 9.50. The molecule has 2 aromatic heterocycles. The number of fused-ring (bicyclic) bond motifs is 1. The fraction of sp³-hybridized carbons (Fsp3) is 0.296. The molecule has 1 saturated heterocycles. The molecule has 14 heteroatoms. The van der Waals surface area contributed by atoms with Crippen LogP contribution in [-0.2, 0) is 26.6 Å². The molecule has 4 aromatic rings. The van der Waals surface area contributed by atoms with E-state index in [-0.39, 0.29) is 31.8 Å². The standard InChI is InChI=1S/C27H28Cl2N4O5S3/c1-2-40(35,36)33-8-6-17(7-9-33)22-15-31-25-20(22)11-19(12-21(25)27(30)34)18-5-3-4-16(10-18)14-32-41(37,38)23-13-24(28)39-26(23)29/h3-5,10-13,15,17,31-32H,2,6-9,14H2,1H3,(H2,30,34). The van der Waals surface area contributed by atoms with Crippen molar-refractivity contribution in [1.82, 2.24) is 14.0 Å². The van der Waals surface area contributed by atoms with E-state index in [0.717, 1.165) is 33.4 Å². The van der Waals surface area contributed by atoms with Crippen LogP contribution in [-0.4, -0.2) is 50.9 Å². The van der Waals surface area contributed by atoms with Gasteiger partial charge in [0.1, 0.15) is 9.23 Å². The minimum absolute atomic E-state index is 0.0134. The molecule has 5 rings (SSSR count). The molecule has 0 bridgehead atoms. The zero-order valence-electron chi connectivity index (χ0n) is 22.0. The number of thiophene rings is 1. The summed E-state index contributed by atoms with van der Waals surface area (Å²) in [6.45, 7) is 2.54. The highest BCUT2D eigenvalue weighted by molar-refractivity contribution is 7.89. The molecule has 1 fully saturated rings. The number of rotatable bonds is 9. The van der Waals surface area contributed by atoms with Crippen LogP contribution < -0.4 is 10.5 Å². The lowest BCUT2D eigenvalue weighted by molar-refractivity contribution is 0.100. The second kappa shape index (κ2) is 11.7. The van der Waals surface area contributed by atoms with Gasteiger partial charge in [0.25, 0.3) is 5.91 Å². The lowest BCUT2D eigenvalue weighted by Crippen LogP contribution is -2.38. The van der Waals surface area contributed by atoms with Gasteiger partial charge in [-0.05, 0) is 72.2 Å². The second-order valence-corrected chi connectivity index (χ2v) is 16.1. The number of aromatic nitrogens is 1. The summed E-state index contributed by atoms with van der Waals surface area (Å²) in [6.07, 6.45) is 3.21. The Balaban J connectivity index is 1.44. The summed E-state index contributed by atoms with van der Waals surface area (Å²) in [5, 5.41) is 0.850. The molecule has 9 nitrogen and oxygen atoms in total. The van der Waals surface area contributed by atoms with Crippen LogP contribution in [0, 0.1) is 0 Å². The highest BCUT2D eigenvalue weighted by atomic mass is 35.5. The molecule has 4 N–H and O–H groups in total. The van der Waals surface area contributed by atoms with Gasteiger partial charge in [-0.1, -0.05) is 41.4 Å². The number of sulfonamides is 2. The van der Waals surface area contributed by atoms with Crippen LogP contribution in [0.5, 0.6) is 0 Å². The number of H-pyrrole nitrogens is 1. The first kappa shape index (κ1) is 30.0. The van der Waals surface area contributed by atoms with E-state index in [9.17, 15) is 21.6 Å². The molecule has 1 aliphatic heterocycles. The molecule has 3 heterocycles. The maximum atomic E-state index is 12.8. The Labute approximate surface area is 252 Å². The van der Waals surface area contributed by atoms with Crippen molar-refractivity contribution in [2.45, 2.75) is 37.1 Å². The van der Waals surface area contributed by atoms with Gasteiger partial charge in [-0.2, -0.15) is 0 Å². The average Bonchev–Trinajstić information content (AvgIpc) is 3.54. The van der Waals surface area contributed by atoms with Crippen LogP contribution >= 0.6 is 34.5 Å². The molecule has 2 aromatic carbocycles. The molecule has 0 atom stereocenters. The monoisotopic (exact) mass is 654 g/mol. The van der Waals surface area contributed by atoms with E-state index in [4.69, 9.17) is 28.9 Å². The largest absolute Gasteiger partial charge is 0.366 e. The lowest BCUT2D eigenvalue weighted by atomic mass is 9.88. The number of nitrogens with one attached hydrogen (secondary N) is 2. The highest BCUT2D eigenvalue weighted by Gasteiger charge is 2.29. The summed E-state index contributed by atoms with van der Waals surface area (Å²) in [4.78, 5) is 15.6. The van der Waals surface area contributed by atoms with Gasteiger partial charge in [0.2, 0.25) is 20.0 Å². The first-order valence-corrected chi connectivity index (χ1v) is 17.5. The normalized spacial score (nSPS) is 15.5. The third-order valence-electron chi connectivity index (χ3n) is 7.38. The zero-order valence-corrected chi connectivity index (χ0v) is 25.9. The van der Waals surface area contributed by atoms with E-state index >= 15 is 0 Å². The zero-order chi connectivity index (χ0) is 29.5. The molecule has 0 aliphatic carbocycles. The number of carbonyl (C=O) groups is 1. The minimum atomic E-state index is -3.88. The Hall–Kier alpha value is -2.45. The van der Waals surface area contributed by atoms with Gasteiger partial charge in [-0.15, -0.1) is 11.3 Å². The lowest BCUT2D eigenvalue weighted by Gasteiger charge is -2.31. The third kappa shape index (κ3) is 6.19. The van der Waals surface area contributed by atoms with Crippen LogP contribution in [0.4, 0.5) is 0 Å². The van der Waals surface area contributed by atoms with Gasteiger partial charge in [-0.3, -0.25) is 4.79 Å². The number of aromatic amines is 1. The molecule has 0 unspecified atom stereocenters. The van der Waals surface area contributed by atoms with Crippen molar-refractivity contribution in [3.05, 3.63) is 74.0 Å². The van der Waals surface area contributed by atoms with Crippen LogP contribution in [0.25, 0.3) is 22.0 Å². The Morgan fingerprint density at radius 1 is 1.10 bits per heavy atom. The number of nitrogens with zero attached hydrogens (tertiary/aromatic N) is 1. The highest BCUT2D eigenvalue weighted by Crippen LogP contribution is 2.38. The van der Waals surface area contributed by atoms with Crippen LogP contribution in [0.15, 0.2) is 53.6 Å². The summed E-state index contributed by atoms with van der Waals surface area (Å²) < 4.78 is 54.6. The Kier molecular flexibility index (Phi) is 8.55. The van der Waals surface area contributed by atoms with Crippen molar-refractivity contribution in [1.29, 1.82) is 0 Å². The first-order valence-electron chi connectivity index (χ1n) is 12.9. The van der Waals surface area contributed by atoms with Gasteiger partial charge in [0.15, 0.2) is 0 Å². The van der Waals surface area contributed by atoms with E-state index in [1.165, 1.54) is 6.07 Å². The average molecular weight is 656 g/mol. The summed E-state index contributed by atoms with van der Waals surface area (Å²) >= 11 is 12.9. The number of primary amides is 1. The maximum Gasteiger partial charge on any atom is 0.250 e. The molecule has 0 spiro atoms. The van der Waals surface area contributed by atoms with Crippen molar-refractivity contribution in [3.63, 3.8) is 0 Å². The van der Waals surface area contributed by atoms with Crippen molar-refractivity contribution < 1.29 is 21.6 Å². The van der Waals surface area contributed by atoms with Gasteiger partial charge in [0.05, 0.1) is 21.2 Å². The molecular weight excluding hydrogens is 627 g/mol. The SMILES string of the molecule is CCS(=O)(=O)N1CCC(c2c[nH]c3c(C(N)=O)cc(-c4cccc(CNS(=O)(=O)c5cc(Cl)sc5Cl)c4)cc23)CC1. The van der Waals surface area contributed by atoms with Crippen LogP contribution in [0.1, 0.15) is 47.2 Å². The number of piperidine rings is 1. The molecule has 0 radical (unpaired) electrons. The van der Waals surface area contributed by atoms with Gasteiger partial charge >= 0.3 is 0 Å². The van der Waals surface area contributed by atoms with E-state index in [1.807, 2.05) is 30.5 Å². The second-order valence-electron chi connectivity index (χ2n) is 9.84. The number of amides is 1. The molecule has 1 amide bonds. The van der Waals surface area contributed by atoms with Crippen LogP contribution in [0.2, 0.25) is 8.67 Å². The van der Waals surface area contributed by atoms with E-state index in [0.29, 0.717) is 42.6 Å². The molecule has 41 heavy (non-hydrogen) atoms. The molecule has 1 aliphatic rings. The Morgan fingerprint density at radius 3 is 2.46 bits per heavy atom. The van der Waals surface area contributed by atoms with Crippen LogP contribution in [0.3, 0.4) is 0 Å². The Morgan fingerprint density at radius 2 is 1.83 bits per heavy atom. The third-order valence-corrected chi connectivity index (χ3v) is 12.4. The minimum Gasteiger partial charge on any atom is -0.366 e. The smallest absolute Gasteiger partial charge is 0.250 e. The Bertz CT molecular complexity index is 1840. The number of hydrogen-bond donors (Lipinski definition) is 3. The van der Waals surface area contributed by atoms with Crippen molar-refractivity contribution in [2.24, 2.45) is 5.73 Å². The van der Waals surface area contributed by atoms with E-state index in [1.54, 1.807) is 23.4 Å². The summed E-state index contributed by atoms with van der Waals surface area (Å²) in [6, 6.07) is 12.3. The summed E-state index contributed by atoms with van der Waals surface area (Å²) in [5.74, 6) is -0.391. The maximum absolute atomic E-state index is 12.8. The predicted octanol–water partition coefficient (Wildman–Crippen LogP) is 5.31. The number of hydrogen-bond acceptors (Lipinski definition) is 6. The predicted molar refractivity (Wildman–Crippen MR) is 164 cm³/mol. The molecule has 218 valence electrons. The molecular formula is C27H28Cl2N4O5S3. The van der Waals surface area contributed by atoms with E-state index < -0.39 is 26.0 Å². The topological polar surface area (TPSA) is 142 Å². The van der Waals surface area contributed by atoms with Crippen molar-refractivity contribution in [3.8, 4) is 11.1 Å². The van der Waals surface area contributed by atoms with Gasteiger partial charge in [0, 0.05) is 31.2 Å². The fourth-order valence-electron chi connectivity index (χ4n) is 5.20. The first-order chi connectivity index (χ1) is 19.4. The summed E-state index contributed by atoms with van der Waals surface area (Å²) in [5.41, 5.74) is 9.96. The van der Waals surface area contributed by atoms with Gasteiger partial charge in [-0.25, -0.2) is 25.9 Å². The number of halogens is 2. The van der Waals surface area contributed by atoms with E-state index in [2.05, 4.69) is 9.71 Å². The summed E-state index contributed by atoms with van der Waals surface area (Å²) in [7, 11) is -7.12.